The van der Waals surface area contributed by atoms with Gasteiger partial charge in [-0.15, -0.1) is 0 Å². The van der Waals surface area contributed by atoms with Gasteiger partial charge in [0.2, 0.25) is 5.91 Å². The summed E-state index contributed by atoms with van der Waals surface area (Å²) >= 11 is 0. The molecule has 2 N–H and O–H groups in total. The predicted molar refractivity (Wildman–Crippen MR) is 57.5 cm³/mol. The van der Waals surface area contributed by atoms with Crippen LogP contribution in [0.3, 0.4) is 0 Å². The molecule has 0 radical (unpaired) electrons. The minimum atomic E-state index is 0.184. The molecular formula is C11H20N2O2. The highest BCUT2D eigenvalue weighted by Gasteiger charge is 2.33. The molecule has 2 saturated heterocycles. The van der Waals surface area contributed by atoms with Crippen molar-refractivity contribution in [2.24, 2.45) is 11.3 Å². The Labute approximate surface area is 90.8 Å². The molecule has 0 aromatic carbocycles. The first-order valence-corrected chi connectivity index (χ1v) is 5.73. The fraction of sp³-hybridized carbons (Fsp3) is 0.909. The fourth-order valence-electron chi connectivity index (χ4n) is 2.09. The van der Waals surface area contributed by atoms with E-state index in [0.29, 0.717) is 12.3 Å². The molecule has 2 aliphatic rings. The van der Waals surface area contributed by atoms with E-state index in [1.807, 2.05) is 0 Å². The van der Waals surface area contributed by atoms with Crippen molar-refractivity contribution in [2.75, 3.05) is 32.8 Å². The third-order valence-corrected chi connectivity index (χ3v) is 3.25. The van der Waals surface area contributed by atoms with Gasteiger partial charge in [-0.2, -0.15) is 0 Å². The van der Waals surface area contributed by atoms with Gasteiger partial charge in [0.1, 0.15) is 0 Å². The highest BCUT2D eigenvalue weighted by Crippen LogP contribution is 2.25. The monoisotopic (exact) mass is 212 g/mol. The number of hydrogen-bond acceptors (Lipinski definition) is 3. The second kappa shape index (κ2) is 4.49. The minimum absolute atomic E-state index is 0.184. The summed E-state index contributed by atoms with van der Waals surface area (Å²) in [6.07, 6.45) is 1.80. The molecule has 1 unspecified atom stereocenters. The molecule has 2 rings (SSSR count). The first-order valence-electron chi connectivity index (χ1n) is 5.73. The first kappa shape index (κ1) is 10.9. The van der Waals surface area contributed by atoms with Crippen molar-refractivity contribution in [3.63, 3.8) is 0 Å². The van der Waals surface area contributed by atoms with Gasteiger partial charge in [0.15, 0.2) is 0 Å². The molecule has 0 bridgehead atoms. The summed E-state index contributed by atoms with van der Waals surface area (Å²) in [5, 5.41) is 6.28. The summed E-state index contributed by atoms with van der Waals surface area (Å²) in [4.78, 5) is 11.6. The lowest BCUT2D eigenvalue weighted by molar-refractivity contribution is -0.127. The maximum Gasteiger partial charge on any atom is 0.220 e. The lowest BCUT2D eigenvalue weighted by Gasteiger charge is -2.38. The van der Waals surface area contributed by atoms with Crippen molar-refractivity contribution in [1.29, 1.82) is 0 Å². The minimum Gasteiger partial charge on any atom is -0.380 e. The van der Waals surface area contributed by atoms with E-state index >= 15 is 0 Å². The van der Waals surface area contributed by atoms with Crippen LogP contribution >= 0.6 is 0 Å². The van der Waals surface area contributed by atoms with Crippen molar-refractivity contribution < 1.29 is 9.53 Å². The predicted octanol–water partition coefficient (Wildman–Crippen LogP) is 0.139. The third kappa shape index (κ3) is 2.92. The number of nitrogens with one attached hydrogen (secondary N) is 2. The van der Waals surface area contributed by atoms with Crippen LogP contribution in [-0.4, -0.2) is 38.8 Å². The number of rotatable bonds is 4. The number of carbonyl (C=O) groups is 1. The maximum atomic E-state index is 11.6. The molecule has 1 atom stereocenters. The Hall–Kier alpha value is -0.610. The largest absolute Gasteiger partial charge is 0.380 e. The van der Waals surface area contributed by atoms with Crippen LogP contribution < -0.4 is 10.6 Å². The van der Waals surface area contributed by atoms with E-state index in [1.165, 1.54) is 0 Å². The molecule has 2 aliphatic heterocycles. The van der Waals surface area contributed by atoms with Crippen LogP contribution in [0.25, 0.3) is 0 Å². The molecule has 0 spiro atoms. The average Bonchev–Trinajstić information content (AvgIpc) is 2.64. The maximum absolute atomic E-state index is 11.6. The van der Waals surface area contributed by atoms with Crippen LogP contribution in [0.4, 0.5) is 0 Å². The Morgan fingerprint density at radius 2 is 2.40 bits per heavy atom. The normalized spacial score (nSPS) is 28.5. The molecule has 1 amide bonds. The molecule has 15 heavy (non-hydrogen) atoms. The molecule has 4 heteroatoms. The van der Waals surface area contributed by atoms with Crippen molar-refractivity contribution in [2.45, 2.75) is 19.8 Å². The summed E-state index contributed by atoms with van der Waals surface area (Å²) in [6.45, 7) is 6.51. The topological polar surface area (TPSA) is 50.4 Å². The van der Waals surface area contributed by atoms with Crippen LogP contribution in [0.1, 0.15) is 19.8 Å². The zero-order valence-corrected chi connectivity index (χ0v) is 9.34. The fourth-order valence-corrected chi connectivity index (χ4v) is 2.09. The second-order valence-electron chi connectivity index (χ2n) is 5.14. The van der Waals surface area contributed by atoms with E-state index in [0.717, 1.165) is 39.3 Å². The Balaban J connectivity index is 1.63. The highest BCUT2D eigenvalue weighted by molar-refractivity contribution is 5.76. The van der Waals surface area contributed by atoms with Gasteiger partial charge >= 0.3 is 0 Å². The zero-order chi connectivity index (χ0) is 10.7. The number of ether oxygens (including phenoxy) is 1. The van der Waals surface area contributed by atoms with Gasteiger partial charge in [0.05, 0.1) is 13.2 Å². The van der Waals surface area contributed by atoms with Gasteiger partial charge in [-0.05, 0) is 25.4 Å². The van der Waals surface area contributed by atoms with E-state index in [9.17, 15) is 4.79 Å². The van der Waals surface area contributed by atoms with Crippen molar-refractivity contribution in [1.82, 2.24) is 10.6 Å². The quantitative estimate of drug-likeness (QED) is 0.697. The molecule has 4 nitrogen and oxygen atoms in total. The molecule has 0 aromatic heterocycles. The van der Waals surface area contributed by atoms with Crippen LogP contribution in [0.2, 0.25) is 0 Å². The van der Waals surface area contributed by atoms with Crippen LogP contribution in [0.15, 0.2) is 0 Å². The standard InChI is InChI=1S/C11H20N2O2/c1-11(7-15-8-11)6-13-10(14)4-9-2-3-12-5-9/h9,12H,2-8H2,1H3,(H,13,14). The summed E-state index contributed by atoms with van der Waals surface area (Å²) < 4.78 is 5.14. The average molecular weight is 212 g/mol. The van der Waals surface area contributed by atoms with Gasteiger partial charge in [-0.25, -0.2) is 0 Å². The molecule has 0 saturated carbocycles. The van der Waals surface area contributed by atoms with Crippen LogP contribution in [-0.2, 0) is 9.53 Å². The van der Waals surface area contributed by atoms with E-state index in [1.54, 1.807) is 0 Å². The van der Waals surface area contributed by atoms with Crippen LogP contribution in [0, 0.1) is 11.3 Å². The molecule has 0 aliphatic carbocycles. The Morgan fingerprint density at radius 3 is 2.93 bits per heavy atom. The highest BCUT2D eigenvalue weighted by atomic mass is 16.5. The van der Waals surface area contributed by atoms with E-state index < -0.39 is 0 Å². The summed E-state index contributed by atoms with van der Waals surface area (Å²) in [5.41, 5.74) is 0.184. The zero-order valence-electron chi connectivity index (χ0n) is 9.34. The summed E-state index contributed by atoms with van der Waals surface area (Å²) in [5.74, 6) is 0.729. The van der Waals surface area contributed by atoms with Crippen molar-refractivity contribution >= 4 is 5.91 Å². The Morgan fingerprint density at radius 1 is 1.60 bits per heavy atom. The second-order valence-corrected chi connectivity index (χ2v) is 5.14. The number of amides is 1. The summed E-state index contributed by atoms with van der Waals surface area (Å²) in [7, 11) is 0. The van der Waals surface area contributed by atoms with Crippen molar-refractivity contribution in [3.05, 3.63) is 0 Å². The van der Waals surface area contributed by atoms with E-state index in [-0.39, 0.29) is 11.3 Å². The van der Waals surface area contributed by atoms with Gasteiger partial charge in [-0.1, -0.05) is 6.92 Å². The lowest BCUT2D eigenvalue weighted by Crippen LogP contribution is -2.48. The summed E-state index contributed by atoms with van der Waals surface area (Å²) in [6, 6.07) is 0. The van der Waals surface area contributed by atoms with E-state index in [4.69, 9.17) is 4.74 Å². The first-order chi connectivity index (χ1) is 7.18. The smallest absolute Gasteiger partial charge is 0.220 e. The number of carbonyl (C=O) groups excluding carboxylic acids is 1. The Bertz CT molecular complexity index is 233. The van der Waals surface area contributed by atoms with E-state index in [2.05, 4.69) is 17.6 Å². The Kier molecular flexibility index (Phi) is 3.26. The van der Waals surface area contributed by atoms with Crippen LogP contribution in [0.5, 0.6) is 0 Å². The number of hydrogen-bond donors (Lipinski definition) is 2. The SMILES string of the molecule is CC1(CNC(=O)CC2CCNC2)COC1. The molecule has 2 heterocycles. The van der Waals surface area contributed by atoms with Gasteiger partial charge < -0.3 is 15.4 Å². The van der Waals surface area contributed by atoms with Crippen molar-refractivity contribution in [3.8, 4) is 0 Å². The molecule has 0 aromatic rings. The van der Waals surface area contributed by atoms with Gasteiger partial charge in [0, 0.05) is 18.4 Å². The molecule has 86 valence electrons. The van der Waals surface area contributed by atoms with Gasteiger partial charge in [-0.3, -0.25) is 4.79 Å². The molecule has 2 fully saturated rings. The molecular weight excluding hydrogens is 192 g/mol. The lowest BCUT2D eigenvalue weighted by atomic mass is 9.88. The third-order valence-electron chi connectivity index (χ3n) is 3.25. The van der Waals surface area contributed by atoms with Gasteiger partial charge in [0.25, 0.3) is 0 Å².